The van der Waals surface area contributed by atoms with Gasteiger partial charge in [0.25, 0.3) is 0 Å². The largest absolute Gasteiger partial charge is 0.347 e. The first-order chi connectivity index (χ1) is 6.83. The summed E-state index contributed by atoms with van der Waals surface area (Å²) in [6, 6.07) is 0. The molecule has 1 fully saturated rings. The predicted molar refractivity (Wildman–Crippen MR) is 58.7 cm³/mol. The van der Waals surface area contributed by atoms with Gasteiger partial charge < -0.3 is 10.6 Å². The molecule has 0 aliphatic carbocycles. The van der Waals surface area contributed by atoms with Crippen LogP contribution in [0, 0.1) is 5.92 Å². The van der Waals surface area contributed by atoms with Crippen LogP contribution in [0.5, 0.6) is 0 Å². The van der Waals surface area contributed by atoms with Crippen LogP contribution in [0.2, 0.25) is 0 Å². The van der Waals surface area contributed by atoms with E-state index in [0.717, 1.165) is 37.0 Å². The highest BCUT2D eigenvalue weighted by atomic mass is 32.1. The minimum absolute atomic E-state index is 0.643. The van der Waals surface area contributed by atoms with Crippen LogP contribution in [0.25, 0.3) is 0 Å². The van der Waals surface area contributed by atoms with Crippen LogP contribution < -0.4 is 10.6 Å². The van der Waals surface area contributed by atoms with E-state index < -0.39 is 0 Å². The van der Waals surface area contributed by atoms with Crippen LogP contribution in [-0.2, 0) is 6.42 Å². The number of hydrogen-bond acceptors (Lipinski definition) is 5. The summed E-state index contributed by atoms with van der Waals surface area (Å²) in [5, 5.41) is 1.07. The Hall–Kier alpha value is -0.680. The summed E-state index contributed by atoms with van der Waals surface area (Å²) in [4.78, 5) is 6.77. The van der Waals surface area contributed by atoms with Crippen LogP contribution in [0.15, 0.2) is 0 Å². The van der Waals surface area contributed by atoms with E-state index in [2.05, 4.69) is 21.2 Å². The van der Waals surface area contributed by atoms with Gasteiger partial charge in [-0.1, -0.05) is 6.92 Å². The summed E-state index contributed by atoms with van der Waals surface area (Å²) in [6.45, 7) is 5.00. The zero-order chi connectivity index (χ0) is 9.97. The molecule has 0 spiro atoms. The molecule has 4 nitrogen and oxygen atoms in total. The highest BCUT2D eigenvalue weighted by molar-refractivity contribution is 7.09. The molecule has 5 heteroatoms. The minimum Gasteiger partial charge on any atom is -0.347 e. The molecule has 14 heavy (non-hydrogen) atoms. The summed E-state index contributed by atoms with van der Waals surface area (Å²) in [6.07, 6.45) is 2.11. The van der Waals surface area contributed by atoms with Gasteiger partial charge in [-0.3, -0.25) is 0 Å². The van der Waals surface area contributed by atoms with E-state index in [9.17, 15) is 0 Å². The van der Waals surface area contributed by atoms with Crippen molar-refractivity contribution in [1.82, 2.24) is 9.36 Å². The summed E-state index contributed by atoms with van der Waals surface area (Å²) in [5.41, 5.74) is 5.65. The molecule has 0 saturated carbocycles. The molecule has 0 aromatic carbocycles. The topological polar surface area (TPSA) is 55.0 Å². The van der Waals surface area contributed by atoms with Crippen molar-refractivity contribution in [2.45, 2.75) is 19.8 Å². The molecule has 1 saturated heterocycles. The average molecular weight is 212 g/mol. The molecule has 1 atom stereocenters. The van der Waals surface area contributed by atoms with Gasteiger partial charge in [0.15, 0.2) is 0 Å². The highest BCUT2D eigenvalue weighted by Crippen LogP contribution is 2.24. The van der Waals surface area contributed by atoms with Gasteiger partial charge in [-0.15, -0.1) is 0 Å². The second-order valence-electron chi connectivity index (χ2n) is 3.68. The van der Waals surface area contributed by atoms with Crippen molar-refractivity contribution in [3.05, 3.63) is 5.82 Å². The first-order valence-corrected chi connectivity index (χ1v) is 5.88. The standard InChI is InChI=1S/C9H16N4S/c1-2-8-11-9(14-12-8)13-4-3-7(5-10)6-13/h7H,2-6,10H2,1H3. The molecule has 78 valence electrons. The molecule has 0 bridgehead atoms. The Balaban J connectivity index is 2.02. The molecule has 1 aromatic heterocycles. The number of nitrogens with zero attached hydrogens (tertiary/aromatic N) is 3. The van der Waals surface area contributed by atoms with Crippen LogP contribution in [-0.4, -0.2) is 29.0 Å². The van der Waals surface area contributed by atoms with Gasteiger partial charge in [-0.05, 0) is 18.9 Å². The van der Waals surface area contributed by atoms with Crippen LogP contribution in [0.1, 0.15) is 19.2 Å². The smallest absolute Gasteiger partial charge is 0.205 e. The molecular weight excluding hydrogens is 196 g/mol. The van der Waals surface area contributed by atoms with Gasteiger partial charge in [-0.25, -0.2) is 4.98 Å². The number of hydrogen-bond donors (Lipinski definition) is 1. The Morgan fingerprint density at radius 2 is 2.50 bits per heavy atom. The SMILES string of the molecule is CCc1nsc(N2CCC(CN)C2)n1. The second-order valence-corrected chi connectivity index (χ2v) is 4.41. The normalized spacial score (nSPS) is 21.9. The van der Waals surface area contributed by atoms with E-state index in [4.69, 9.17) is 5.73 Å². The quantitative estimate of drug-likeness (QED) is 0.808. The predicted octanol–water partition coefficient (Wildman–Crippen LogP) is 0.886. The Morgan fingerprint density at radius 1 is 1.64 bits per heavy atom. The molecule has 2 N–H and O–H groups in total. The van der Waals surface area contributed by atoms with Crippen molar-refractivity contribution >= 4 is 16.7 Å². The van der Waals surface area contributed by atoms with E-state index in [0.29, 0.717) is 5.92 Å². The second kappa shape index (κ2) is 4.23. The molecule has 0 amide bonds. The number of anilines is 1. The van der Waals surface area contributed by atoms with E-state index in [1.165, 1.54) is 18.0 Å². The lowest BCUT2D eigenvalue weighted by Crippen LogP contribution is -2.22. The molecule has 0 radical (unpaired) electrons. The van der Waals surface area contributed by atoms with E-state index in [1.54, 1.807) is 0 Å². The van der Waals surface area contributed by atoms with Gasteiger partial charge in [0.2, 0.25) is 5.13 Å². The molecule has 1 aliphatic heterocycles. The maximum Gasteiger partial charge on any atom is 0.205 e. The lowest BCUT2D eigenvalue weighted by atomic mass is 10.1. The number of nitrogens with two attached hydrogens (primary N) is 1. The fourth-order valence-corrected chi connectivity index (χ4v) is 2.50. The summed E-state index contributed by atoms with van der Waals surface area (Å²) in [7, 11) is 0. The lowest BCUT2D eigenvalue weighted by Gasteiger charge is -2.13. The Labute approximate surface area is 88.3 Å². The molecule has 1 unspecified atom stereocenters. The number of aromatic nitrogens is 2. The van der Waals surface area contributed by atoms with Crippen LogP contribution >= 0.6 is 11.5 Å². The Kier molecular flexibility index (Phi) is 2.98. The van der Waals surface area contributed by atoms with Crippen molar-refractivity contribution < 1.29 is 0 Å². The van der Waals surface area contributed by atoms with E-state index in [-0.39, 0.29) is 0 Å². The molecule has 1 aromatic rings. The summed E-state index contributed by atoms with van der Waals surface area (Å²) in [5.74, 6) is 1.60. The first-order valence-electron chi connectivity index (χ1n) is 5.11. The molecule has 2 heterocycles. The van der Waals surface area contributed by atoms with Crippen molar-refractivity contribution in [2.75, 3.05) is 24.5 Å². The van der Waals surface area contributed by atoms with Crippen LogP contribution in [0.4, 0.5) is 5.13 Å². The Bertz CT molecular complexity index is 299. The van der Waals surface area contributed by atoms with Gasteiger partial charge in [-0.2, -0.15) is 4.37 Å². The third kappa shape index (κ3) is 1.88. The lowest BCUT2D eigenvalue weighted by molar-refractivity contribution is 0.602. The van der Waals surface area contributed by atoms with Gasteiger partial charge >= 0.3 is 0 Å². The van der Waals surface area contributed by atoms with Crippen molar-refractivity contribution in [1.29, 1.82) is 0 Å². The van der Waals surface area contributed by atoms with Gasteiger partial charge in [0.05, 0.1) is 0 Å². The summed E-state index contributed by atoms with van der Waals surface area (Å²) >= 11 is 1.51. The maximum absolute atomic E-state index is 5.65. The zero-order valence-electron chi connectivity index (χ0n) is 8.44. The number of rotatable bonds is 3. The van der Waals surface area contributed by atoms with E-state index in [1.807, 2.05) is 0 Å². The highest BCUT2D eigenvalue weighted by Gasteiger charge is 2.23. The average Bonchev–Trinajstić information content (AvgIpc) is 2.86. The van der Waals surface area contributed by atoms with Crippen molar-refractivity contribution in [2.24, 2.45) is 11.7 Å². The molecule has 2 rings (SSSR count). The molecular formula is C9H16N4S. The number of aryl methyl sites for hydroxylation is 1. The molecule has 1 aliphatic rings. The first kappa shape index (κ1) is 9.86. The van der Waals surface area contributed by atoms with E-state index >= 15 is 0 Å². The van der Waals surface area contributed by atoms with Gasteiger partial charge in [0, 0.05) is 31.0 Å². The fraction of sp³-hybridized carbons (Fsp3) is 0.778. The third-order valence-electron chi connectivity index (χ3n) is 2.66. The zero-order valence-corrected chi connectivity index (χ0v) is 9.26. The monoisotopic (exact) mass is 212 g/mol. The fourth-order valence-electron chi connectivity index (χ4n) is 1.72. The minimum atomic E-state index is 0.643. The van der Waals surface area contributed by atoms with Crippen molar-refractivity contribution in [3.63, 3.8) is 0 Å². The summed E-state index contributed by atoms with van der Waals surface area (Å²) < 4.78 is 4.29. The maximum atomic E-state index is 5.65. The van der Waals surface area contributed by atoms with Gasteiger partial charge in [0.1, 0.15) is 5.82 Å². The Morgan fingerprint density at radius 3 is 3.07 bits per heavy atom. The third-order valence-corrected chi connectivity index (χ3v) is 3.48. The van der Waals surface area contributed by atoms with Crippen molar-refractivity contribution in [3.8, 4) is 0 Å². The van der Waals surface area contributed by atoms with Crippen LogP contribution in [0.3, 0.4) is 0 Å².